The molecule has 0 atom stereocenters. The Hall–Kier alpha value is -1.53. The summed E-state index contributed by atoms with van der Waals surface area (Å²) in [5, 5.41) is 0.791. The Morgan fingerprint density at radius 1 is 1.33 bits per heavy atom. The first-order chi connectivity index (χ1) is 8.77. The van der Waals surface area contributed by atoms with Gasteiger partial charge in [0.15, 0.2) is 0 Å². The molecule has 1 aromatic carbocycles. The maximum atomic E-state index is 11.8. The van der Waals surface area contributed by atoms with Crippen molar-refractivity contribution in [3.8, 4) is 11.8 Å². The Labute approximate surface area is 117 Å². The van der Waals surface area contributed by atoms with Gasteiger partial charge in [0.1, 0.15) is 0 Å². The second kappa shape index (κ2) is 8.54. The number of allylic oxidation sites excluding steroid dienone is 1. The smallest absolute Gasteiger partial charge is 0.299 e. The van der Waals surface area contributed by atoms with Crippen molar-refractivity contribution in [3.63, 3.8) is 0 Å². The molecule has 0 saturated carbocycles. The van der Waals surface area contributed by atoms with Gasteiger partial charge >= 0.3 is 0 Å². The van der Waals surface area contributed by atoms with Crippen molar-refractivity contribution < 1.29 is 4.79 Å². The molecule has 0 N–H and O–H groups in total. The minimum atomic E-state index is -0.138. The highest BCUT2D eigenvalue weighted by Crippen LogP contribution is 2.04. The third-order valence-electron chi connectivity index (χ3n) is 2.32. The van der Waals surface area contributed by atoms with Crippen LogP contribution in [0.25, 0.3) is 0 Å². The summed E-state index contributed by atoms with van der Waals surface area (Å²) in [5.74, 6) is 5.10. The van der Waals surface area contributed by atoms with Gasteiger partial charge in [-0.05, 0) is 18.4 Å². The molecule has 2 nitrogen and oxygen atoms in total. The SMILES string of the molecule is CC#CC(=O)N(C/C=C/CBr)Cc1ccccc1. The Morgan fingerprint density at radius 2 is 2.06 bits per heavy atom. The Balaban J connectivity index is 2.73. The van der Waals surface area contributed by atoms with Gasteiger partial charge in [-0.15, -0.1) is 0 Å². The number of amides is 1. The number of benzene rings is 1. The van der Waals surface area contributed by atoms with Crippen molar-refractivity contribution >= 4 is 21.8 Å². The van der Waals surface area contributed by atoms with Crippen LogP contribution in [0.2, 0.25) is 0 Å². The van der Waals surface area contributed by atoms with Crippen LogP contribution in [0.3, 0.4) is 0 Å². The second-order valence-electron chi connectivity index (χ2n) is 3.67. The van der Waals surface area contributed by atoms with Crippen molar-refractivity contribution in [1.29, 1.82) is 0 Å². The van der Waals surface area contributed by atoms with Crippen LogP contribution in [0.15, 0.2) is 42.5 Å². The van der Waals surface area contributed by atoms with E-state index < -0.39 is 0 Å². The highest BCUT2D eigenvalue weighted by Gasteiger charge is 2.09. The first-order valence-electron chi connectivity index (χ1n) is 5.74. The largest absolute Gasteiger partial charge is 0.324 e. The molecule has 18 heavy (non-hydrogen) atoms. The number of hydrogen-bond donors (Lipinski definition) is 0. The van der Waals surface area contributed by atoms with Crippen LogP contribution in [0.5, 0.6) is 0 Å². The van der Waals surface area contributed by atoms with E-state index in [0.29, 0.717) is 13.1 Å². The number of hydrogen-bond acceptors (Lipinski definition) is 1. The van der Waals surface area contributed by atoms with Crippen LogP contribution >= 0.6 is 15.9 Å². The van der Waals surface area contributed by atoms with Gasteiger partial charge in [0.2, 0.25) is 0 Å². The zero-order chi connectivity index (χ0) is 13.2. The molecule has 3 heteroatoms. The average Bonchev–Trinajstić information content (AvgIpc) is 2.39. The highest BCUT2D eigenvalue weighted by molar-refractivity contribution is 9.09. The van der Waals surface area contributed by atoms with Gasteiger partial charge in [-0.1, -0.05) is 64.3 Å². The molecule has 0 radical (unpaired) electrons. The van der Waals surface area contributed by atoms with Crippen LogP contribution < -0.4 is 0 Å². The molecule has 94 valence electrons. The van der Waals surface area contributed by atoms with Crippen LogP contribution in [0.4, 0.5) is 0 Å². The fraction of sp³-hybridized carbons (Fsp3) is 0.267. The Morgan fingerprint density at radius 3 is 2.67 bits per heavy atom. The van der Waals surface area contributed by atoms with E-state index in [1.165, 1.54) is 0 Å². The van der Waals surface area contributed by atoms with E-state index in [1.807, 2.05) is 42.5 Å². The molecular formula is C15H16BrNO. The lowest BCUT2D eigenvalue weighted by Crippen LogP contribution is -2.29. The van der Waals surface area contributed by atoms with Gasteiger partial charge in [0.05, 0.1) is 0 Å². The quantitative estimate of drug-likeness (QED) is 0.465. The van der Waals surface area contributed by atoms with Crippen LogP contribution in [-0.4, -0.2) is 22.7 Å². The lowest BCUT2D eigenvalue weighted by molar-refractivity contribution is -0.125. The number of carbonyl (C=O) groups excluding carboxylic acids is 1. The zero-order valence-corrected chi connectivity index (χ0v) is 12.0. The molecule has 1 amide bonds. The summed E-state index contributed by atoms with van der Waals surface area (Å²) < 4.78 is 0. The molecule has 0 aromatic heterocycles. The second-order valence-corrected chi connectivity index (χ2v) is 4.32. The van der Waals surface area contributed by atoms with E-state index >= 15 is 0 Å². The fourth-order valence-electron chi connectivity index (χ4n) is 1.47. The topological polar surface area (TPSA) is 20.3 Å². The molecule has 0 unspecified atom stereocenters. The van der Waals surface area contributed by atoms with Gasteiger partial charge in [-0.3, -0.25) is 4.79 Å². The van der Waals surface area contributed by atoms with Gasteiger partial charge < -0.3 is 4.90 Å². The predicted octanol–water partition coefficient (Wildman–Crippen LogP) is 2.99. The normalized spacial score (nSPS) is 9.89. The highest BCUT2D eigenvalue weighted by atomic mass is 79.9. The van der Waals surface area contributed by atoms with Gasteiger partial charge in [0, 0.05) is 18.4 Å². The van der Waals surface area contributed by atoms with E-state index in [-0.39, 0.29) is 5.91 Å². The molecule has 0 heterocycles. The van der Waals surface area contributed by atoms with Gasteiger partial charge in [-0.2, -0.15) is 0 Å². The summed E-state index contributed by atoms with van der Waals surface area (Å²) in [6, 6.07) is 9.92. The predicted molar refractivity (Wildman–Crippen MR) is 78.2 cm³/mol. The number of rotatable bonds is 5. The lowest BCUT2D eigenvalue weighted by Gasteiger charge is -2.18. The molecular weight excluding hydrogens is 290 g/mol. The van der Waals surface area contributed by atoms with E-state index in [9.17, 15) is 4.79 Å². The summed E-state index contributed by atoms with van der Waals surface area (Å²) in [7, 11) is 0. The molecule has 0 spiro atoms. The number of nitrogens with zero attached hydrogens (tertiary/aromatic N) is 1. The van der Waals surface area contributed by atoms with E-state index in [2.05, 4.69) is 27.8 Å². The number of carbonyl (C=O) groups is 1. The average molecular weight is 306 g/mol. The Bertz CT molecular complexity index is 456. The third kappa shape index (κ3) is 5.20. The minimum Gasteiger partial charge on any atom is -0.324 e. The Kier molecular flexibility index (Phi) is 6.90. The summed E-state index contributed by atoms with van der Waals surface area (Å²) in [6.45, 7) is 2.84. The summed E-state index contributed by atoms with van der Waals surface area (Å²) in [4.78, 5) is 13.6. The standard InChI is InChI=1S/C15H16BrNO/c1-2-8-15(18)17(12-7-6-11-16)13-14-9-4-3-5-10-14/h3-7,9-10H,11-13H2,1H3/b7-6+. The van der Waals surface area contributed by atoms with Crippen LogP contribution in [-0.2, 0) is 11.3 Å². The molecule has 0 aliphatic heterocycles. The zero-order valence-electron chi connectivity index (χ0n) is 10.4. The van der Waals surface area contributed by atoms with Crippen LogP contribution in [0.1, 0.15) is 12.5 Å². The number of halogens is 1. The molecule has 0 fully saturated rings. The maximum absolute atomic E-state index is 11.8. The summed E-state index contributed by atoms with van der Waals surface area (Å²) in [5.41, 5.74) is 1.11. The minimum absolute atomic E-state index is 0.138. The van der Waals surface area contributed by atoms with Crippen molar-refractivity contribution in [3.05, 3.63) is 48.0 Å². The first-order valence-corrected chi connectivity index (χ1v) is 6.86. The number of alkyl halides is 1. The first kappa shape index (κ1) is 14.5. The van der Waals surface area contributed by atoms with Gasteiger partial charge in [-0.25, -0.2) is 0 Å². The van der Waals surface area contributed by atoms with Crippen molar-refractivity contribution in [1.82, 2.24) is 4.90 Å². The van der Waals surface area contributed by atoms with Crippen molar-refractivity contribution in [2.75, 3.05) is 11.9 Å². The van der Waals surface area contributed by atoms with Crippen molar-refractivity contribution in [2.24, 2.45) is 0 Å². The van der Waals surface area contributed by atoms with Gasteiger partial charge in [0.25, 0.3) is 5.91 Å². The molecule has 0 saturated heterocycles. The fourth-order valence-corrected chi connectivity index (χ4v) is 1.74. The molecule has 0 aliphatic carbocycles. The van der Waals surface area contributed by atoms with E-state index in [4.69, 9.17) is 0 Å². The van der Waals surface area contributed by atoms with E-state index in [0.717, 1.165) is 10.9 Å². The van der Waals surface area contributed by atoms with Crippen molar-refractivity contribution in [2.45, 2.75) is 13.5 Å². The van der Waals surface area contributed by atoms with E-state index in [1.54, 1.807) is 11.8 Å². The molecule has 0 bridgehead atoms. The lowest BCUT2D eigenvalue weighted by atomic mass is 10.2. The summed E-state index contributed by atoms with van der Waals surface area (Å²) >= 11 is 3.32. The molecule has 1 aromatic rings. The molecule has 1 rings (SSSR count). The third-order valence-corrected chi connectivity index (χ3v) is 2.69. The maximum Gasteiger partial charge on any atom is 0.299 e. The molecule has 0 aliphatic rings. The summed E-state index contributed by atoms with van der Waals surface area (Å²) in [6.07, 6.45) is 3.94. The van der Waals surface area contributed by atoms with Crippen LogP contribution in [0, 0.1) is 11.8 Å². The monoisotopic (exact) mass is 305 g/mol.